The molecule has 0 aromatic rings. The van der Waals surface area contributed by atoms with Crippen LogP contribution in [0.1, 0.15) is 0 Å². The van der Waals surface area contributed by atoms with E-state index in [4.69, 9.17) is 0 Å². The normalized spacial score (nSPS) is 9.44. The van der Waals surface area contributed by atoms with E-state index in [1.807, 2.05) is 0 Å². The van der Waals surface area contributed by atoms with Gasteiger partial charge in [-0.3, -0.25) is 0 Å². The van der Waals surface area contributed by atoms with E-state index < -0.39 is 6.86 Å². The molecule has 0 bridgehead atoms. The molecule has 0 aromatic carbocycles. The average molecular weight is 128 g/mol. The van der Waals surface area contributed by atoms with Crippen molar-refractivity contribution >= 4 is 0 Å². The van der Waals surface area contributed by atoms with Gasteiger partial charge in [0.15, 0.2) is 0 Å². The molecule has 0 heterocycles. The zero-order valence-electron chi connectivity index (χ0n) is 5.14. The number of halogens is 1. The average Bonchev–Trinajstić information content (AvgIpc) is 1.85. The Morgan fingerprint density at radius 2 is 2.33 bits per heavy atom. The molecular formula is C7H9FO. The zero-order chi connectivity index (χ0) is 7.11. The summed E-state index contributed by atoms with van der Waals surface area (Å²) in [6, 6.07) is 0. The van der Waals surface area contributed by atoms with Gasteiger partial charge in [0.25, 0.3) is 0 Å². The Bertz CT molecular complexity index is 127. The molecule has 0 aromatic heterocycles. The van der Waals surface area contributed by atoms with Crippen LogP contribution < -0.4 is 0 Å². The summed E-state index contributed by atoms with van der Waals surface area (Å²) < 4.78 is 15.7. The van der Waals surface area contributed by atoms with Crippen LogP contribution in [0.5, 0.6) is 0 Å². The van der Waals surface area contributed by atoms with Crippen molar-refractivity contribution in [2.24, 2.45) is 0 Å². The lowest BCUT2D eigenvalue weighted by Crippen LogP contribution is -1.82. The maximum absolute atomic E-state index is 11.3. The topological polar surface area (TPSA) is 9.23 Å². The van der Waals surface area contributed by atoms with Gasteiger partial charge < -0.3 is 4.74 Å². The minimum atomic E-state index is -0.833. The number of allylic oxidation sites excluding steroid dienone is 3. The molecule has 0 unspecified atom stereocenters. The third kappa shape index (κ3) is 4.81. The van der Waals surface area contributed by atoms with Gasteiger partial charge in [-0.2, -0.15) is 0 Å². The Balaban J connectivity index is 3.49. The maximum Gasteiger partial charge on any atom is 0.228 e. The van der Waals surface area contributed by atoms with Crippen LogP contribution in [0, 0.1) is 0 Å². The first-order valence-corrected chi connectivity index (χ1v) is 2.48. The van der Waals surface area contributed by atoms with Crippen molar-refractivity contribution in [1.82, 2.24) is 0 Å². The van der Waals surface area contributed by atoms with E-state index in [9.17, 15) is 4.39 Å². The second-order valence-electron chi connectivity index (χ2n) is 1.31. The lowest BCUT2D eigenvalue weighted by Gasteiger charge is -1.95. The Morgan fingerprint density at radius 1 is 1.67 bits per heavy atom. The molecule has 0 saturated heterocycles. The molecule has 0 spiro atoms. The second kappa shape index (κ2) is 5.09. The van der Waals surface area contributed by atoms with Gasteiger partial charge in [0.2, 0.25) is 6.86 Å². The monoisotopic (exact) mass is 128 g/mol. The van der Waals surface area contributed by atoms with Crippen LogP contribution in [0.3, 0.4) is 0 Å². The number of hydrogen-bond donors (Lipinski definition) is 0. The summed E-state index contributed by atoms with van der Waals surface area (Å²) in [5.74, 6) is 0.303. The van der Waals surface area contributed by atoms with Crippen molar-refractivity contribution in [2.75, 3.05) is 6.86 Å². The van der Waals surface area contributed by atoms with Gasteiger partial charge in [0.05, 0.1) is 0 Å². The predicted octanol–water partition coefficient (Wildman–Crippen LogP) is 2.19. The van der Waals surface area contributed by atoms with Crippen molar-refractivity contribution in [3.8, 4) is 0 Å². The van der Waals surface area contributed by atoms with E-state index in [0.29, 0.717) is 5.76 Å². The highest BCUT2D eigenvalue weighted by molar-refractivity contribution is 5.12. The molecule has 0 saturated carbocycles. The van der Waals surface area contributed by atoms with Gasteiger partial charge in [0.1, 0.15) is 5.76 Å². The van der Waals surface area contributed by atoms with Crippen molar-refractivity contribution in [3.05, 3.63) is 37.1 Å². The molecule has 0 fully saturated rings. The first-order valence-electron chi connectivity index (χ1n) is 2.48. The Morgan fingerprint density at radius 3 is 2.78 bits per heavy atom. The molecule has 0 aliphatic rings. The molecule has 0 radical (unpaired) electrons. The number of rotatable bonds is 4. The molecule has 50 valence electrons. The van der Waals surface area contributed by atoms with Gasteiger partial charge >= 0.3 is 0 Å². The fraction of sp³-hybridized carbons (Fsp3) is 0.143. The quantitative estimate of drug-likeness (QED) is 0.416. The van der Waals surface area contributed by atoms with Gasteiger partial charge in [-0.1, -0.05) is 25.3 Å². The maximum atomic E-state index is 11.3. The van der Waals surface area contributed by atoms with Gasteiger partial charge in [-0.05, 0) is 6.08 Å². The van der Waals surface area contributed by atoms with Crippen LogP contribution >= 0.6 is 0 Å². The summed E-state index contributed by atoms with van der Waals surface area (Å²) >= 11 is 0. The summed E-state index contributed by atoms with van der Waals surface area (Å²) in [6.07, 6.45) is 4.72. The van der Waals surface area contributed by atoms with E-state index in [-0.39, 0.29) is 0 Å². The highest BCUT2D eigenvalue weighted by Crippen LogP contribution is 1.94. The Hall–Kier alpha value is -1.05. The third-order valence-electron chi connectivity index (χ3n) is 0.658. The SMILES string of the molecule is C=C/C=C\C(=C)OCF. The van der Waals surface area contributed by atoms with Gasteiger partial charge in [0, 0.05) is 0 Å². The third-order valence-corrected chi connectivity index (χ3v) is 0.658. The van der Waals surface area contributed by atoms with Crippen molar-refractivity contribution in [3.63, 3.8) is 0 Å². The molecule has 0 atom stereocenters. The molecular weight excluding hydrogens is 119 g/mol. The number of ether oxygens (including phenoxy) is 1. The first-order chi connectivity index (χ1) is 4.31. The summed E-state index contributed by atoms with van der Waals surface area (Å²) in [7, 11) is 0. The lowest BCUT2D eigenvalue weighted by molar-refractivity contribution is 0.125. The summed E-state index contributed by atoms with van der Waals surface area (Å²) in [5, 5.41) is 0. The molecule has 0 aliphatic carbocycles. The standard InChI is InChI=1S/C7H9FO/c1-3-4-5-7(2)9-6-8/h3-5H,1-2,6H2/b5-4-. The molecule has 9 heavy (non-hydrogen) atoms. The van der Waals surface area contributed by atoms with E-state index in [1.54, 1.807) is 12.2 Å². The van der Waals surface area contributed by atoms with Crippen LogP contribution in [0.2, 0.25) is 0 Å². The van der Waals surface area contributed by atoms with Crippen LogP contribution in [-0.4, -0.2) is 6.86 Å². The Kier molecular flexibility index (Phi) is 4.50. The minimum Gasteiger partial charge on any atom is -0.464 e. The van der Waals surface area contributed by atoms with Crippen molar-refractivity contribution < 1.29 is 9.13 Å². The Labute approximate surface area is 54.1 Å². The van der Waals surface area contributed by atoms with Crippen molar-refractivity contribution in [2.45, 2.75) is 0 Å². The molecule has 0 N–H and O–H groups in total. The molecule has 0 aliphatic heterocycles. The molecule has 2 heteroatoms. The number of hydrogen-bond acceptors (Lipinski definition) is 1. The summed E-state index contributed by atoms with van der Waals surface area (Å²) in [6.45, 7) is 5.97. The van der Waals surface area contributed by atoms with Crippen LogP contribution in [0.25, 0.3) is 0 Å². The van der Waals surface area contributed by atoms with Crippen LogP contribution in [0.4, 0.5) is 4.39 Å². The van der Waals surface area contributed by atoms with E-state index >= 15 is 0 Å². The second-order valence-corrected chi connectivity index (χ2v) is 1.31. The van der Waals surface area contributed by atoms with Crippen LogP contribution in [0.15, 0.2) is 37.1 Å². The molecule has 1 nitrogen and oxygen atoms in total. The van der Waals surface area contributed by atoms with E-state index in [2.05, 4.69) is 17.9 Å². The minimum absolute atomic E-state index is 0.303. The first kappa shape index (κ1) is 7.95. The summed E-state index contributed by atoms with van der Waals surface area (Å²) in [5.41, 5.74) is 0. The fourth-order valence-corrected chi connectivity index (χ4v) is 0.294. The smallest absolute Gasteiger partial charge is 0.228 e. The van der Waals surface area contributed by atoms with Gasteiger partial charge in [-0.25, -0.2) is 4.39 Å². The fourth-order valence-electron chi connectivity index (χ4n) is 0.294. The molecule has 0 amide bonds. The van der Waals surface area contributed by atoms with E-state index in [1.165, 1.54) is 6.08 Å². The molecule has 0 rings (SSSR count). The zero-order valence-corrected chi connectivity index (χ0v) is 5.14. The number of alkyl halides is 1. The highest BCUT2D eigenvalue weighted by atomic mass is 19.1. The predicted molar refractivity (Wildman–Crippen MR) is 35.5 cm³/mol. The van der Waals surface area contributed by atoms with E-state index in [0.717, 1.165) is 0 Å². The highest BCUT2D eigenvalue weighted by Gasteiger charge is 1.82. The largest absolute Gasteiger partial charge is 0.464 e. The van der Waals surface area contributed by atoms with Gasteiger partial charge in [-0.15, -0.1) is 0 Å². The van der Waals surface area contributed by atoms with Crippen molar-refractivity contribution in [1.29, 1.82) is 0 Å². The lowest BCUT2D eigenvalue weighted by atomic mass is 10.4. The summed E-state index contributed by atoms with van der Waals surface area (Å²) in [4.78, 5) is 0. The van der Waals surface area contributed by atoms with Crippen LogP contribution in [-0.2, 0) is 4.74 Å².